The Labute approximate surface area is 98.2 Å². The van der Waals surface area contributed by atoms with E-state index in [2.05, 4.69) is 5.32 Å². The number of carboxylic acids is 1. The number of anilines is 2. The van der Waals surface area contributed by atoms with E-state index in [0.29, 0.717) is 11.4 Å². The fraction of sp³-hybridized carbons (Fsp3) is 0.455. The van der Waals surface area contributed by atoms with Gasteiger partial charge in [-0.05, 0) is 5.92 Å². The lowest BCUT2D eigenvalue weighted by Crippen LogP contribution is -2.49. The number of nitrogens with zero attached hydrogens (tertiary/aromatic N) is 1. The minimum absolute atomic E-state index is 0.0738. The SMILES string of the molecule is CC(C)C1C(=O)Nc2coc(C(=O)O)c2N1C. The Kier molecular flexibility index (Phi) is 2.57. The summed E-state index contributed by atoms with van der Waals surface area (Å²) >= 11 is 0. The van der Waals surface area contributed by atoms with Crippen LogP contribution in [0.25, 0.3) is 0 Å². The predicted molar refractivity (Wildman–Crippen MR) is 61.3 cm³/mol. The number of nitrogens with one attached hydrogen (secondary N) is 1. The number of rotatable bonds is 2. The maximum Gasteiger partial charge on any atom is 0.374 e. The van der Waals surface area contributed by atoms with Crippen molar-refractivity contribution >= 4 is 23.3 Å². The zero-order valence-corrected chi connectivity index (χ0v) is 9.85. The Morgan fingerprint density at radius 1 is 1.59 bits per heavy atom. The molecule has 6 heteroatoms. The standard InChI is InChI=1S/C11H14N2O4/c1-5(2)7-10(14)12-6-4-17-9(11(15)16)8(6)13(7)3/h4-5,7H,1-3H3,(H,12,14)(H,15,16). The molecule has 0 fully saturated rings. The number of hydrogen-bond acceptors (Lipinski definition) is 4. The van der Waals surface area contributed by atoms with Crippen LogP contribution in [-0.2, 0) is 4.79 Å². The second-order valence-corrected chi connectivity index (χ2v) is 4.42. The van der Waals surface area contributed by atoms with Gasteiger partial charge in [0.2, 0.25) is 11.7 Å². The summed E-state index contributed by atoms with van der Waals surface area (Å²) in [6.45, 7) is 3.82. The van der Waals surface area contributed by atoms with Crippen molar-refractivity contribution in [1.29, 1.82) is 0 Å². The second kappa shape index (κ2) is 3.80. The van der Waals surface area contributed by atoms with Crippen LogP contribution in [0.15, 0.2) is 10.7 Å². The summed E-state index contributed by atoms with van der Waals surface area (Å²) in [5.74, 6) is -1.36. The number of fused-ring (bicyclic) bond motifs is 1. The average Bonchev–Trinajstić information content (AvgIpc) is 2.60. The zero-order chi connectivity index (χ0) is 12.7. The maximum absolute atomic E-state index is 11.8. The van der Waals surface area contributed by atoms with Gasteiger partial charge in [-0.1, -0.05) is 13.8 Å². The first-order valence-corrected chi connectivity index (χ1v) is 5.32. The minimum Gasteiger partial charge on any atom is -0.475 e. The molecule has 92 valence electrons. The van der Waals surface area contributed by atoms with Crippen molar-refractivity contribution < 1.29 is 19.1 Å². The first-order chi connectivity index (χ1) is 7.93. The third-order valence-electron chi connectivity index (χ3n) is 2.89. The van der Waals surface area contributed by atoms with Crippen molar-refractivity contribution in [1.82, 2.24) is 0 Å². The van der Waals surface area contributed by atoms with E-state index < -0.39 is 12.0 Å². The first kappa shape index (κ1) is 11.5. The molecular formula is C11H14N2O4. The van der Waals surface area contributed by atoms with Crippen molar-refractivity contribution in [2.24, 2.45) is 5.92 Å². The van der Waals surface area contributed by atoms with Crippen molar-refractivity contribution in [3.63, 3.8) is 0 Å². The Morgan fingerprint density at radius 3 is 2.76 bits per heavy atom. The molecule has 1 unspecified atom stereocenters. The van der Waals surface area contributed by atoms with Gasteiger partial charge in [-0.2, -0.15) is 0 Å². The molecule has 2 heterocycles. The molecule has 2 rings (SSSR count). The van der Waals surface area contributed by atoms with Gasteiger partial charge < -0.3 is 19.7 Å². The maximum atomic E-state index is 11.8. The lowest BCUT2D eigenvalue weighted by Gasteiger charge is -2.35. The highest BCUT2D eigenvalue weighted by molar-refractivity contribution is 6.07. The van der Waals surface area contributed by atoms with Crippen molar-refractivity contribution in [2.45, 2.75) is 19.9 Å². The molecule has 1 aliphatic rings. The molecule has 0 aromatic carbocycles. The average molecular weight is 238 g/mol. The highest BCUT2D eigenvalue weighted by Crippen LogP contribution is 2.37. The van der Waals surface area contributed by atoms with Gasteiger partial charge in [0.25, 0.3) is 0 Å². The molecule has 6 nitrogen and oxygen atoms in total. The first-order valence-electron chi connectivity index (χ1n) is 5.32. The molecule has 1 aromatic heterocycles. The highest BCUT2D eigenvalue weighted by Gasteiger charge is 2.37. The molecule has 2 N–H and O–H groups in total. The van der Waals surface area contributed by atoms with Gasteiger partial charge in [0.1, 0.15) is 23.7 Å². The van der Waals surface area contributed by atoms with E-state index in [4.69, 9.17) is 9.52 Å². The van der Waals surface area contributed by atoms with Crippen LogP contribution in [0.1, 0.15) is 24.4 Å². The topological polar surface area (TPSA) is 82.8 Å². The van der Waals surface area contributed by atoms with Crippen LogP contribution in [0.3, 0.4) is 0 Å². The lowest BCUT2D eigenvalue weighted by molar-refractivity contribution is -0.118. The molecule has 0 bridgehead atoms. The molecule has 17 heavy (non-hydrogen) atoms. The summed E-state index contributed by atoms with van der Waals surface area (Å²) < 4.78 is 4.97. The zero-order valence-electron chi connectivity index (χ0n) is 9.85. The van der Waals surface area contributed by atoms with E-state index in [9.17, 15) is 9.59 Å². The Balaban J connectivity index is 2.50. The Hall–Kier alpha value is -1.98. The van der Waals surface area contributed by atoms with Gasteiger partial charge in [0.15, 0.2) is 0 Å². The largest absolute Gasteiger partial charge is 0.475 e. The van der Waals surface area contributed by atoms with Gasteiger partial charge in [-0.3, -0.25) is 4.79 Å². The van der Waals surface area contributed by atoms with Crippen LogP contribution in [0.2, 0.25) is 0 Å². The summed E-state index contributed by atoms with van der Waals surface area (Å²) in [6.07, 6.45) is 1.25. The lowest BCUT2D eigenvalue weighted by atomic mass is 9.99. The highest BCUT2D eigenvalue weighted by atomic mass is 16.4. The summed E-state index contributed by atoms with van der Waals surface area (Å²) in [4.78, 5) is 24.5. The van der Waals surface area contributed by atoms with Crippen LogP contribution in [-0.4, -0.2) is 30.1 Å². The molecule has 0 aliphatic carbocycles. The molecule has 0 saturated carbocycles. The van der Waals surface area contributed by atoms with Crippen LogP contribution < -0.4 is 10.2 Å². The molecule has 1 aromatic rings. The Bertz CT molecular complexity index is 478. The van der Waals surface area contributed by atoms with Gasteiger partial charge in [0.05, 0.1) is 0 Å². The Morgan fingerprint density at radius 2 is 2.24 bits per heavy atom. The van der Waals surface area contributed by atoms with Gasteiger partial charge >= 0.3 is 5.97 Å². The summed E-state index contributed by atoms with van der Waals surface area (Å²) in [7, 11) is 1.70. The fourth-order valence-corrected chi connectivity index (χ4v) is 2.21. The van der Waals surface area contributed by atoms with E-state index in [1.54, 1.807) is 11.9 Å². The number of amides is 1. The van der Waals surface area contributed by atoms with Crippen molar-refractivity contribution in [2.75, 3.05) is 17.3 Å². The van der Waals surface area contributed by atoms with Crippen LogP contribution in [0.5, 0.6) is 0 Å². The van der Waals surface area contributed by atoms with Crippen LogP contribution >= 0.6 is 0 Å². The number of carbonyl (C=O) groups excluding carboxylic acids is 1. The predicted octanol–water partition coefficient (Wildman–Crippen LogP) is 1.39. The van der Waals surface area contributed by atoms with E-state index in [0.717, 1.165) is 0 Å². The number of furan rings is 1. The van der Waals surface area contributed by atoms with Gasteiger partial charge in [-0.15, -0.1) is 0 Å². The quantitative estimate of drug-likeness (QED) is 0.813. The number of carboxylic acid groups (broad SMARTS) is 1. The van der Waals surface area contributed by atoms with Crippen molar-refractivity contribution in [3.05, 3.63) is 12.0 Å². The van der Waals surface area contributed by atoms with Crippen molar-refractivity contribution in [3.8, 4) is 0 Å². The summed E-state index contributed by atoms with van der Waals surface area (Å²) in [5, 5.41) is 11.7. The van der Waals surface area contributed by atoms with Crippen LogP contribution in [0, 0.1) is 5.92 Å². The third kappa shape index (κ3) is 1.65. The molecule has 1 atom stereocenters. The second-order valence-electron chi connectivity index (χ2n) is 4.42. The molecular weight excluding hydrogens is 224 g/mol. The normalized spacial score (nSPS) is 19.2. The number of aromatic carboxylic acids is 1. The minimum atomic E-state index is -1.14. The van der Waals surface area contributed by atoms with E-state index in [-0.39, 0.29) is 17.6 Å². The van der Waals surface area contributed by atoms with Gasteiger partial charge in [0, 0.05) is 7.05 Å². The van der Waals surface area contributed by atoms with E-state index in [1.807, 2.05) is 13.8 Å². The summed E-state index contributed by atoms with van der Waals surface area (Å²) in [6, 6.07) is -0.391. The third-order valence-corrected chi connectivity index (χ3v) is 2.89. The molecule has 1 amide bonds. The number of hydrogen-bond donors (Lipinski definition) is 2. The van der Waals surface area contributed by atoms with E-state index >= 15 is 0 Å². The fourth-order valence-electron chi connectivity index (χ4n) is 2.21. The number of carbonyl (C=O) groups is 2. The van der Waals surface area contributed by atoms with Crippen LogP contribution in [0.4, 0.5) is 11.4 Å². The molecule has 1 aliphatic heterocycles. The molecule has 0 spiro atoms. The van der Waals surface area contributed by atoms with E-state index in [1.165, 1.54) is 6.26 Å². The summed E-state index contributed by atoms with van der Waals surface area (Å²) in [5.41, 5.74) is 0.836. The smallest absolute Gasteiger partial charge is 0.374 e. The monoisotopic (exact) mass is 238 g/mol. The van der Waals surface area contributed by atoms with Gasteiger partial charge in [-0.25, -0.2) is 4.79 Å². The molecule has 0 radical (unpaired) electrons. The number of likely N-dealkylation sites (N-methyl/N-ethyl adjacent to an activating group) is 1. The molecule has 0 saturated heterocycles.